The molecule has 2 aliphatic rings. The van der Waals surface area contributed by atoms with Crippen molar-refractivity contribution in [3.05, 3.63) is 11.6 Å². The fourth-order valence-electron chi connectivity index (χ4n) is 3.03. The second kappa shape index (κ2) is 7.34. The SMILES string of the molecule is CS(=O)(=O)N1CCN(C(=O)CN2CCN(c3nccs3)CC2)CC1. The van der Waals surface area contributed by atoms with Crippen molar-refractivity contribution < 1.29 is 13.2 Å². The van der Waals surface area contributed by atoms with Crippen LogP contribution in [0.15, 0.2) is 11.6 Å². The van der Waals surface area contributed by atoms with Crippen LogP contribution in [0.25, 0.3) is 0 Å². The number of carbonyl (C=O) groups excluding carboxylic acids is 1. The average Bonchev–Trinajstić information content (AvgIpc) is 3.09. The van der Waals surface area contributed by atoms with E-state index in [1.807, 2.05) is 11.6 Å². The zero-order chi connectivity index (χ0) is 17.2. The maximum absolute atomic E-state index is 12.4. The van der Waals surface area contributed by atoms with E-state index in [9.17, 15) is 13.2 Å². The molecule has 134 valence electrons. The highest BCUT2D eigenvalue weighted by Gasteiger charge is 2.27. The van der Waals surface area contributed by atoms with Crippen LogP contribution in [-0.2, 0) is 14.8 Å². The van der Waals surface area contributed by atoms with E-state index in [1.165, 1.54) is 10.6 Å². The third-order valence-electron chi connectivity index (χ3n) is 4.48. The molecule has 0 spiro atoms. The molecule has 0 aromatic carbocycles. The number of thiazole rings is 1. The van der Waals surface area contributed by atoms with Crippen LogP contribution in [0.3, 0.4) is 0 Å². The summed E-state index contributed by atoms with van der Waals surface area (Å²) in [6.07, 6.45) is 3.03. The summed E-state index contributed by atoms with van der Waals surface area (Å²) < 4.78 is 24.5. The average molecular weight is 374 g/mol. The molecule has 0 N–H and O–H groups in total. The highest BCUT2D eigenvalue weighted by atomic mass is 32.2. The first-order chi connectivity index (χ1) is 11.4. The lowest BCUT2D eigenvalue weighted by Crippen LogP contribution is -2.54. The van der Waals surface area contributed by atoms with Gasteiger partial charge < -0.3 is 9.80 Å². The van der Waals surface area contributed by atoms with Gasteiger partial charge in [0.2, 0.25) is 15.9 Å². The number of aromatic nitrogens is 1. The van der Waals surface area contributed by atoms with Crippen LogP contribution in [0.1, 0.15) is 0 Å². The van der Waals surface area contributed by atoms with Gasteiger partial charge in [0.15, 0.2) is 5.13 Å². The van der Waals surface area contributed by atoms with Crippen LogP contribution in [0.2, 0.25) is 0 Å². The topological polar surface area (TPSA) is 77.1 Å². The van der Waals surface area contributed by atoms with Crippen LogP contribution in [0.5, 0.6) is 0 Å². The van der Waals surface area contributed by atoms with Gasteiger partial charge in [-0.2, -0.15) is 4.31 Å². The van der Waals surface area contributed by atoms with E-state index < -0.39 is 10.0 Å². The number of nitrogens with zero attached hydrogens (tertiary/aromatic N) is 5. The molecule has 8 nitrogen and oxygen atoms in total. The Morgan fingerprint density at radius 3 is 2.33 bits per heavy atom. The van der Waals surface area contributed by atoms with Gasteiger partial charge in [-0.1, -0.05) is 0 Å². The Morgan fingerprint density at radius 2 is 1.79 bits per heavy atom. The number of hydrogen-bond donors (Lipinski definition) is 0. The molecule has 0 aliphatic carbocycles. The van der Waals surface area contributed by atoms with E-state index in [4.69, 9.17) is 0 Å². The second-order valence-corrected chi connectivity index (χ2v) is 8.98. The van der Waals surface area contributed by atoms with Crippen LogP contribution in [-0.4, -0.2) is 98.6 Å². The summed E-state index contributed by atoms with van der Waals surface area (Å²) in [5, 5.41) is 3.01. The fourth-order valence-corrected chi connectivity index (χ4v) is 4.55. The third-order valence-corrected chi connectivity index (χ3v) is 6.62. The summed E-state index contributed by atoms with van der Waals surface area (Å²) in [7, 11) is -3.16. The standard InChI is InChI=1S/C14H23N5O3S2/c1-24(21,22)19-9-7-17(8-10-19)13(20)12-16-3-5-18(6-4-16)14-15-2-11-23-14/h2,11H,3-10,12H2,1H3. The summed E-state index contributed by atoms with van der Waals surface area (Å²) in [6, 6.07) is 0. The first-order valence-corrected chi connectivity index (χ1v) is 10.8. The van der Waals surface area contributed by atoms with Crippen molar-refractivity contribution in [2.45, 2.75) is 0 Å². The quantitative estimate of drug-likeness (QED) is 0.699. The molecule has 2 saturated heterocycles. The lowest BCUT2D eigenvalue weighted by Gasteiger charge is -2.37. The molecule has 1 amide bonds. The van der Waals surface area contributed by atoms with E-state index in [2.05, 4.69) is 14.8 Å². The molecule has 0 saturated carbocycles. The lowest BCUT2D eigenvalue weighted by atomic mass is 10.3. The molecule has 3 rings (SSSR count). The first kappa shape index (κ1) is 17.6. The van der Waals surface area contributed by atoms with Gasteiger partial charge in [0.25, 0.3) is 0 Å². The molecule has 24 heavy (non-hydrogen) atoms. The van der Waals surface area contributed by atoms with Gasteiger partial charge in [0.05, 0.1) is 12.8 Å². The van der Waals surface area contributed by atoms with Crippen LogP contribution < -0.4 is 4.90 Å². The normalized spacial score (nSPS) is 21.2. The van der Waals surface area contributed by atoms with E-state index >= 15 is 0 Å². The van der Waals surface area contributed by atoms with Crippen molar-refractivity contribution in [3.63, 3.8) is 0 Å². The predicted octanol–water partition coefficient (Wildman–Crippen LogP) is -0.631. The van der Waals surface area contributed by atoms with Gasteiger partial charge in [-0.05, 0) is 0 Å². The van der Waals surface area contributed by atoms with Gasteiger partial charge in [-0.25, -0.2) is 13.4 Å². The minimum absolute atomic E-state index is 0.0887. The number of carbonyl (C=O) groups is 1. The van der Waals surface area contributed by atoms with Crippen molar-refractivity contribution in [1.29, 1.82) is 0 Å². The monoisotopic (exact) mass is 373 g/mol. The molecular formula is C14H23N5O3S2. The van der Waals surface area contributed by atoms with Gasteiger partial charge >= 0.3 is 0 Å². The van der Waals surface area contributed by atoms with Gasteiger partial charge in [-0.15, -0.1) is 11.3 Å². The predicted molar refractivity (Wildman–Crippen MR) is 93.8 cm³/mol. The van der Waals surface area contributed by atoms with Gasteiger partial charge in [0, 0.05) is 63.9 Å². The molecule has 10 heteroatoms. The Hall–Kier alpha value is -1.23. The fraction of sp³-hybridized carbons (Fsp3) is 0.714. The lowest BCUT2D eigenvalue weighted by molar-refractivity contribution is -0.133. The van der Waals surface area contributed by atoms with Crippen molar-refractivity contribution in [2.75, 3.05) is 70.1 Å². The summed E-state index contributed by atoms with van der Waals surface area (Å²) >= 11 is 1.64. The smallest absolute Gasteiger partial charge is 0.236 e. The maximum Gasteiger partial charge on any atom is 0.236 e. The van der Waals surface area contributed by atoms with E-state index in [0.29, 0.717) is 32.7 Å². The molecule has 1 aromatic heterocycles. The highest BCUT2D eigenvalue weighted by molar-refractivity contribution is 7.88. The van der Waals surface area contributed by atoms with E-state index in [0.717, 1.165) is 31.3 Å². The zero-order valence-corrected chi connectivity index (χ0v) is 15.4. The molecule has 2 fully saturated rings. The second-order valence-electron chi connectivity index (χ2n) is 6.12. The van der Waals surface area contributed by atoms with Crippen molar-refractivity contribution in [2.24, 2.45) is 0 Å². The van der Waals surface area contributed by atoms with Crippen LogP contribution in [0.4, 0.5) is 5.13 Å². The van der Waals surface area contributed by atoms with E-state index in [-0.39, 0.29) is 5.91 Å². The van der Waals surface area contributed by atoms with Crippen molar-refractivity contribution in [3.8, 4) is 0 Å². The molecule has 2 aliphatic heterocycles. The van der Waals surface area contributed by atoms with Crippen molar-refractivity contribution in [1.82, 2.24) is 19.1 Å². The number of sulfonamides is 1. The summed E-state index contributed by atoms with van der Waals surface area (Å²) in [6.45, 7) is 5.58. The molecule has 0 radical (unpaired) electrons. The Labute approximate surface area is 146 Å². The molecule has 0 unspecified atom stereocenters. The summed E-state index contributed by atoms with van der Waals surface area (Å²) in [5.41, 5.74) is 0. The number of hydrogen-bond acceptors (Lipinski definition) is 7. The summed E-state index contributed by atoms with van der Waals surface area (Å²) in [5.74, 6) is 0.0887. The third kappa shape index (κ3) is 4.24. The Kier molecular flexibility index (Phi) is 5.38. The molecule has 1 aromatic rings. The maximum atomic E-state index is 12.4. The largest absolute Gasteiger partial charge is 0.346 e. The van der Waals surface area contributed by atoms with Gasteiger partial charge in [0.1, 0.15) is 0 Å². The molecular weight excluding hydrogens is 350 g/mol. The minimum Gasteiger partial charge on any atom is -0.346 e. The number of rotatable bonds is 4. The van der Waals surface area contributed by atoms with Gasteiger partial charge in [-0.3, -0.25) is 9.69 Å². The molecule has 0 bridgehead atoms. The van der Waals surface area contributed by atoms with Crippen LogP contribution >= 0.6 is 11.3 Å². The van der Waals surface area contributed by atoms with Crippen LogP contribution in [0, 0.1) is 0 Å². The highest BCUT2D eigenvalue weighted by Crippen LogP contribution is 2.18. The Bertz CT molecular complexity index is 648. The molecule has 0 atom stereocenters. The number of piperazine rings is 2. The zero-order valence-electron chi connectivity index (χ0n) is 13.8. The number of anilines is 1. The first-order valence-electron chi connectivity index (χ1n) is 8.03. The van der Waals surface area contributed by atoms with E-state index in [1.54, 1.807) is 16.2 Å². The molecule has 3 heterocycles. The summed E-state index contributed by atoms with van der Waals surface area (Å²) in [4.78, 5) is 22.9. The van der Waals surface area contributed by atoms with Crippen molar-refractivity contribution >= 4 is 32.4 Å². The minimum atomic E-state index is -3.16. The number of amides is 1. The Balaban J connectivity index is 1.43. The Morgan fingerprint density at radius 1 is 1.12 bits per heavy atom.